The molecule has 5 aromatic rings. The lowest BCUT2D eigenvalue weighted by atomic mass is 10.0. The number of hydrogen-bond donors (Lipinski definition) is 1. The highest BCUT2D eigenvalue weighted by Crippen LogP contribution is 2.31. The van der Waals surface area contributed by atoms with Gasteiger partial charge in [-0.15, -0.1) is 16.4 Å². The van der Waals surface area contributed by atoms with Crippen molar-refractivity contribution >= 4 is 38.9 Å². The first-order chi connectivity index (χ1) is 14.1. The number of aromatic nitrogens is 5. The predicted octanol–water partition coefficient (Wildman–Crippen LogP) is 4.27. The van der Waals surface area contributed by atoms with E-state index in [0.29, 0.717) is 10.9 Å². The van der Waals surface area contributed by atoms with Crippen molar-refractivity contribution < 1.29 is 4.79 Å². The van der Waals surface area contributed by atoms with Crippen LogP contribution in [0, 0.1) is 13.8 Å². The number of rotatable bonds is 3. The lowest BCUT2D eigenvalue weighted by Crippen LogP contribution is -2.13. The van der Waals surface area contributed by atoms with Gasteiger partial charge in [0.2, 0.25) is 5.82 Å². The molecule has 5 rings (SSSR count). The molecule has 0 unspecified atom stereocenters. The molecule has 3 heterocycles. The maximum atomic E-state index is 12.6. The molecule has 2 aromatic carbocycles. The maximum Gasteiger partial charge on any atom is 0.297 e. The van der Waals surface area contributed by atoms with Crippen LogP contribution in [0.1, 0.15) is 22.0 Å². The van der Waals surface area contributed by atoms with E-state index in [1.165, 1.54) is 11.3 Å². The Hall–Kier alpha value is -3.65. The first-order valence-electron chi connectivity index (χ1n) is 9.04. The Kier molecular flexibility index (Phi) is 4.06. The van der Waals surface area contributed by atoms with E-state index >= 15 is 0 Å². The molecular weight excluding hydrogens is 384 g/mol. The first kappa shape index (κ1) is 17.4. The number of carbonyl (C=O) groups is 1. The van der Waals surface area contributed by atoms with Gasteiger partial charge in [0.15, 0.2) is 5.13 Å². The smallest absolute Gasteiger partial charge is 0.295 e. The molecule has 0 atom stereocenters. The van der Waals surface area contributed by atoms with E-state index in [2.05, 4.69) is 43.6 Å². The van der Waals surface area contributed by atoms with Crippen LogP contribution in [0.15, 0.2) is 53.9 Å². The molecule has 0 fully saturated rings. The quantitative estimate of drug-likeness (QED) is 0.489. The van der Waals surface area contributed by atoms with E-state index in [1.807, 2.05) is 49.6 Å². The Morgan fingerprint density at radius 2 is 1.86 bits per heavy atom. The summed E-state index contributed by atoms with van der Waals surface area (Å²) in [7, 11) is 0. The second kappa shape index (κ2) is 6.75. The standard InChI is InChI=1S/C21H16N6OS/c1-12-10-13(2)27-20(22-12)24-18(26-27)19(28)25-21-23-17(11-29-21)16-9-5-7-14-6-3-4-8-15(14)16/h3-11H,1-2H3,(H,23,25,28). The Morgan fingerprint density at radius 1 is 1.03 bits per heavy atom. The number of benzene rings is 2. The van der Waals surface area contributed by atoms with E-state index in [1.54, 1.807) is 4.52 Å². The minimum Gasteiger partial charge on any atom is -0.295 e. The Bertz CT molecular complexity index is 1380. The number of amides is 1. The fourth-order valence-corrected chi connectivity index (χ4v) is 4.02. The summed E-state index contributed by atoms with van der Waals surface area (Å²) in [6, 6.07) is 16.2. The second-order valence-electron chi connectivity index (χ2n) is 6.70. The van der Waals surface area contributed by atoms with Gasteiger partial charge in [0.05, 0.1) is 5.69 Å². The number of nitrogens with one attached hydrogen (secondary N) is 1. The fraction of sp³-hybridized carbons (Fsp3) is 0.0952. The van der Waals surface area contributed by atoms with Gasteiger partial charge in [0.1, 0.15) is 0 Å². The summed E-state index contributed by atoms with van der Waals surface area (Å²) in [5.74, 6) is 0.0581. The highest BCUT2D eigenvalue weighted by atomic mass is 32.1. The molecule has 7 nitrogen and oxygen atoms in total. The number of nitrogens with zero attached hydrogens (tertiary/aromatic N) is 5. The van der Waals surface area contributed by atoms with Gasteiger partial charge in [0, 0.05) is 22.3 Å². The third-order valence-corrected chi connectivity index (χ3v) is 5.37. The molecule has 0 saturated heterocycles. The molecule has 0 spiro atoms. The molecule has 142 valence electrons. The van der Waals surface area contributed by atoms with Crippen LogP contribution in [0.5, 0.6) is 0 Å². The van der Waals surface area contributed by atoms with Gasteiger partial charge in [-0.2, -0.15) is 4.98 Å². The highest BCUT2D eigenvalue weighted by molar-refractivity contribution is 7.14. The Morgan fingerprint density at radius 3 is 2.76 bits per heavy atom. The van der Waals surface area contributed by atoms with Crippen molar-refractivity contribution in [3.05, 3.63) is 71.1 Å². The topological polar surface area (TPSA) is 85.1 Å². The first-order valence-corrected chi connectivity index (χ1v) is 9.92. The molecule has 0 bridgehead atoms. The zero-order chi connectivity index (χ0) is 20.0. The number of fused-ring (bicyclic) bond motifs is 2. The average Bonchev–Trinajstić information content (AvgIpc) is 3.35. The van der Waals surface area contributed by atoms with Gasteiger partial charge in [-0.25, -0.2) is 14.5 Å². The van der Waals surface area contributed by atoms with Crippen LogP contribution in [0.4, 0.5) is 5.13 Å². The van der Waals surface area contributed by atoms with Crippen LogP contribution >= 0.6 is 11.3 Å². The fourth-order valence-electron chi connectivity index (χ4n) is 3.32. The lowest BCUT2D eigenvalue weighted by molar-refractivity contribution is 0.101. The van der Waals surface area contributed by atoms with Crippen molar-refractivity contribution in [3.63, 3.8) is 0 Å². The van der Waals surface area contributed by atoms with Crippen LogP contribution in [0.2, 0.25) is 0 Å². The van der Waals surface area contributed by atoms with E-state index in [4.69, 9.17) is 0 Å². The van der Waals surface area contributed by atoms with E-state index < -0.39 is 5.91 Å². The molecule has 0 aliphatic rings. The second-order valence-corrected chi connectivity index (χ2v) is 7.56. The summed E-state index contributed by atoms with van der Waals surface area (Å²) in [6.07, 6.45) is 0. The number of thiazole rings is 1. The van der Waals surface area contributed by atoms with Crippen LogP contribution in [0.25, 0.3) is 27.8 Å². The van der Waals surface area contributed by atoms with Crippen molar-refractivity contribution in [2.75, 3.05) is 5.32 Å². The molecule has 0 saturated carbocycles. The van der Waals surface area contributed by atoms with Crippen LogP contribution in [-0.2, 0) is 0 Å². The molecule has 1 N–H and O–H groups in total. The van der Waals surface area contributed by atoms with Crippen molar-refractivity contribution in [1.29, 1.82) is 0 Å². The summed E-state index contributed by atoms with van der Waals surface area (Å²) in [5, 5.41) is 11.8. The number of hydrogen-bond acceptors (Lipinski definition) is 6. The van der Waals surface area contributed by atoms with Crippen molar-refractivity contribution in [3.8, 4) is 11.3 Å². The average molecular weight is 400 g/mol. The summed E-state index contributed by atoms with van der Waals surface area (Å²) in [5.41, 5.74) is 3.54. The van der Waals surface area contributed by atoms with Crippen molar-refractivity contribution in [2.45, 2.75) is 13.8 Å². The summed E-state index contributed by atoms with van der Waals surface area (Å²) in [4.78, 5) is 25.8. The zero-order valence-electron chi connectivity index (χ0n) is 15.7. The summed E-state index contributed by atoms with van der Waals surface area (Å²) in [6.45, 7) is 3.78. The number of carbonyl (C=O) groups excluding carboxylic acids is 1. The van der Waals surface area contributed by atoms with Gasteiger partial charge in [-0.05, 0) is 30.7 Å². The van der Waals surface area contributed by atoms with E-state index in [-0.39, 0.29) is 5.82 Å². The predicted molar refractivity (Wildman–Crippen MR) is 113 cm³/mol. The molecule has 1 amide bonds. The monoisotopic (exact) mass is 400 g/mol. The van der Waals surface area contributed by atoms with Gasteiger partial charge < -0.3 is 0 Å². The normalized spacial score (nSPS) is 11.2. The molecule has 0 aliphatic heterocycles. The van der Waals surface area contributed by atoms with Crippen molar-refractivity contribution in [1.82, 2.24) is 24.6 Å². The van der Waals surface area contributed by atoms with Crippen molar-refractivity contribution in [2.24, 2.45) is 0 Å². The summed E-state index contributed by atoms with van der Waals surface area (Å²) >= 11 is 1.37. The zero-order valence-corrected chi connectivity index (χ0v) is 16.6. The van der Waals surface area contributed by atoms with Crippen LogP contribution < -0.4 is 5.32 Å². The van der Waals surface area contributed by atoms with Gasteiger partial charge in [-0.1, -0.05) is 42.5 Å². The Labute approximate surface area is 170 Å². The highest BCUT2D eigenvalue weighted by Gasteiger charge is 2.17. The lowest BCUT2D eigenvalue weighted by Gasteiger charge is -2.03. The van der Waals surface area contributed by atoms with Gasteiger partial charge in [-0.3, -0.25) is 10.1 Å². The Balaban J connectivity index is 1.44. The SMILES string of the molecule is Cc1cc(C)n2nc(C(=O)Nc3nc(-c4cccc5ccccc45)cs3)nc2n1. The largest absolute Gasteiger partial charge is 0.297 e. The van der Waals surface area contributed by atoms with Crippen LogP contribution in [0.3, 0.4) is 0 Å². The third kappa shape index (κ3) is 3.13. The molecular formula is C21H16N6OS. The van der Waals surface area contributed by atoms with Crippen LogP contribution in [-0.4, -0.2) is 30.5 Å². The van der Waals surface area contributed by atoms with E-state index in [0.717, 1.165) is 33.4 Å². The molecule has 0 aliphatic carbocycles. The molecule has 29 heavy (non-hydrogen) atoms. The molecule has 3 aromatic heterocycles. The number of anilines is 1. The maximum absolute atomic E-state index is 12.6. The van der Waals surface area contributed by atoms with E-state index in [9.17, 15) is 4.79 Å². The minimum absolute atomic E-state index is 0.0631. The van der Waals surface area contributed by atoms with Gasteiger partial charge in [0.25, 0.3) is 11.7 Å². The number of aryl methyl sites for hydroxylation is 2. The molecule has 8 heteroatoms. The third-order valence-electron chi connectivity index (χ3n) is 4.61. The van der Waals surface area contributed by atoms with Gasteiger partial charge >= 0.3 is 0 Å². The summed E-state index contributed by atoms with van der Waals surface area (Å²) < 4.78 is 1.56. The molecule has 0 radical (unpaired) electrons. The minimum atomic E-state index is -0.411.